The molecule has 0 bridgehead atoms. The quantitative estimate of drug-likeness (QED) is 0.206. The van der Waals surface area contributed by atoms with E-state index in [0.29, 0.717) is 24.9 Å². The molecule has 0 atom stereocenters. The van der Waals surface area contributed by atoms with Crippen molar-refractivity contribution in [1.82, 2.24) is 25.4 Å². The smallest absolute Gasteiger partial charge is 0.214 e. The molecule has 0 amide bonds. The van der Waals surface area contributed by atoms with Crippen LogP contribution in [0.4, 0.5) is 0 Å². The van der Waals surface area contributed by atoms with E-state index in [0.717, 1.165) is 17.9 Å². The van der Waals surface area contributed by atoms with Crippen LogP contribution in [0.1, 0.15) is 22.6 Å². The number of hydrogen-bond acceptors (Lipinski definition) is 4. The van der Waals surface area contributed by atoms with E-state index in [1.807, 2.05) is 41.2 Å². The van der Waals surface area contributed by atoms with Gasteiger partial charge < -0.3 is 15.1 Å². The first-order valence-corrected chi connectivity index (χ1v) is 10.2. The van der Waals surface area contributed by atoms with Crippen LogP contribution < -0.4 is 10.6 Å². The standard InChI is InChI=1S/C24H26N6O.HI/c1-18-8-10-19(11-9-18)22-15-26-23(31-22)16-28-24(25-2)27-14-20-6-3-4-7-21(20)17-30-13-5-12-29-30;/h3-13,15H,14,16-17H2,1-2H3,(H2,25,27,28);1H. The third-order valence-electron chi connectivity index (χ3n) is 4.98. The van der Waals surface area contributed by atoms with Crippen LogP contribution in [0.5, 0.6) is 0 Å². The molecule has 2 aromatic heterocycles. The van der Waals surface area contributed by atoms with Gasteiger partial charge in [-0.25, -0.2) is 4.98 Å². The van der Waals surface area contributed by atoms with E-state index < -0.39 is 0 Å². The number of benzene rings is 2. The Morgan fingerprint density at radius 2 is 1.75 bits per heavy atom. The molecule has 166 valence electrons. The molecule has 0 aliphatic heterocycles. The number of aliphatic imine (C=N–C) groups is 1. The zero-order valence-electron chi connectivity index (χ0n) is 18.2. The van der Waals surface area contributed by atoms with Crippen molar-refractivity contribution in [1.29, 1.82) is 0 Å². The Bertz CT molecular complexity index is 1140. The molecule has 4 rings (SSSR count). The van der Waals surface area contributed by atoms with Crippen LogP contribution in [0, 0.1) is 6.92 Å². The van der Waals surface area contributed by atoms with Crippen LogP contribution in [0.25, 0.3) is 11.3 Å². The van der Waals surface area contributed by atoms with E-state index in [4.69, 9.17) is 4.42 Å². The van der Waals surface area contributed by atoms with Crippen LogP contribution in [0.3, 0.4) is 0 Å². The van der Waals surface area contributed by atoms with Gasteiger partial charge in [0.1, 0.15) is 0 Å². The average Bonchev–Trinajstić information content (AvgIpc) is 3.48. The molecule has 2 aromatic carbocycles. The second-order valence-corrected chi connectivity index (χ2v) is 7.24. The molecular weight excluding hydrogens is 515 g/mol. The Morgan fingerprint density at radius 3 is 2.47 bits per heavy atom. The fraction of sp³-hybridized carbons (Fsp3) is 0.208. The van der Waals surface area contributed by atoms with Gasteiger partial charge in [0, 0.05) is 31.5 Å². The second-order valence-electron chi connectivity index (χ2n) is 7.24. The summed E-state index contributed by atoms with van der Waals surface area (Å²) in [6, 6.07) is 18.4. The Kier molecular flexibility index (Phi) is 8.43. The monoisotopic (exact) mass is 542 g/mol. The van der Waals surface area contributed by atoms with Gasteiger partial charge in [0.05, 0.1) is 19.3 Å². The molecule has 2 N–H and O–H groups in total. The lowest BCUT2D eigenvalue weighted by atomic mass is 10.1. The van der Waals surface area contributed by atoms with Crippen molar-refractivity contribution in [3.05, 3.63) is 95.8 Å². The predicted molar refractivity (Wildman–Crippen MR) is 137 cm³/mol. The number of nitrogens with zero attached hydrogens (tertiary/aromatic N) is 4. The Labute approximate surface area is 205 Å². The second kappa shape index (κ2) is 11.5. The van der Waals surface area contributed by atoms with E-state index in [9.17, 15) is 0 Å². The lowest BCUT2D eigenvalue weighted by Crippen LogP contribution is -2.36. The summed E-state index contributed by atoms with van der Waals surface area (Å²) in [4.78, 5) is 8.68. The molecule has 7 nitrogen and oxygen atoms in total. The first kappa shape index (κ1) is 23.5. The van der Waals surface area contributed by atoms with Gasteiger partial charge >= 0.3 is 0 Å². The van der Waals surface area contributed by atoms with Gasteiger partial charge in [-0.3, -0.25) is 9.67 Å². The fourth-order valence-corrected chi connectivity index (χ4v) is 3.25. The first-order valence-electron chi connectivity index (χ1n) is 10.2. The summed E-state index contributed by atoms with van der Waals surface area (Å²) >= 11 is 0. The number of oxazole rings is 1. The van der Waals surface area contributed by atoms with Gasteiger partial charge in [0.15, 0.2) is 11.7 Å². The normalized spacial score (nSPS) is 11.1. The third-order valence-corrected chi connectivity index (χ3v) is 4.98. The van der Waals surface area contributed by atoms with Crippen molar-refractivity contribution in [3.63, 3.8) is 0 Å². The van der Waals surface area contributed by atoms with Crippen molar-refractivity contribution in [3.8, 4) is 11.3 Å². The van der Waals surface area contributed by atoms with Crippen LogP contribution >= 0.6 is 24.0 Å². The highest BCUT2D eigenvalue weighted by Crippen LogP contribution is 2.20. The Hall–Kier alpha value is -3.14. The molecule has 8 heteroatoms. The largest absolute Gasteiger partial charge is 0.439 e. The van der Waals surface area contributed by atoms with Gasteiger partial charge in [-0.15, -0.1) is 24.0 Å². The van der Waals surface area contributed by atoms with Gasteiger partial charge in [-0.05, 0) is 24.1 Å². The van der Waals surface area contributed by atoms with E-state index in [-0.39, 0.29) is 24.0 Å². The highest BCUT2D eigenvalue weighted by molar-refractivity contribution is 14.0. The summed E-state index contributed by atoms with van der Waals surface area (Å²) in [5.74, 6) is 2.05. The van der Waals surface area contributed by atoms with Crippen molar-refractivity contribution in [2.45, 2.75) is 26.6 Å². The summed E-state index contributed by atoms with van der Waals surface area (Å²) < 4.78 is 7.80. The third kappa shape index (κ3) is 6.19. The molecule has 4 aromatic rings. The summed E-state index contributed by atoms with van der Waals surface area (Å²) in [6.45, 7) is 3.89. The molecule has 0 unspecified atom stereocenters. The summed E-state index contributed by atoms with van der Waals surface area (Å²) in [5.41, 5.74) is 4.63. The summed E-state index contributed by atoms with van der Waals surface area (Å²) in [7, 11) is 1.75. The molecule has 32 heavy (non-hydrogen) atoms. The lowest BCUT2D eigenvalue weighted by molar-refractivity contribution is 0.497. The summed E-state index contributed by atoms with van der Waals surface area (Å²) in [5, 5.41) is 10.9. The summed E-state index contributed by atoms with van der Waals surface area (Å²) in [6.07, 6.45) is 5.51. The van der Waals surface area contributed by atoms with Gasteiger partial charge in [-0.2, -0.15) is 5.10 Å². The Morgan fingerprint density at radius 1 is 1.00 bits per heavy atom. The highest BCUT2D eigenvalue weighted by Gasteiger charge is 2.08. The minimum absolute atomic E-state index is 0. The minimum atomic E-state index is 0. The molecular formula is C24H27IN6O. The number of nitrogens with one attached hydrogen (secondary N) is 2. The van der Waals surface area contributed by atoms with E-state index in [1.165, 1.54) is 16.7 Å². The van der Waals surface area contributed by atoms with Crippen LogP contribution in [-0.2, 0) is 19.6 Å². The molecule has 0 radical (unpaired) electrons. The topological polar surface area (TPSA) is 80.3 Å². The molecule has 0 saturated heterocycles. The zero-order valence-corrected chi connectivity index (χ0v) is 20.5. The number of hydrogen-bond donors (Lipinski definition) is 2. The lowest BCUT2D eigenvalue weighted by Gasteiger charge is -2.13. The van der Waals surface area contributed by atoms with Crippen LogP contribution in [0.15, 0.2) is 82.6 Å². The maximum absolute atomic E-state index is 5.88. The van der Waals surface area contributed by atoms with Crippen LogP contribution in [-0.4, -0.2) is 27.8 Å². The number of guanidine groups is 1. The molecule has 0 saturated carbocycles. The zero-order chi connectivity index (χ0) is 21.5. The van der Waals surface area contributed by atoms with Crippen molar-refractivity contribution < 1.29 is 4.42 Å². The van der Waals surface area contributed by atoms with E-state index in [1.54, 1.807) is 19.4 Å². The van der Waals surface area contributed by atoms with Gasteiger partial charge in [0.2, 0.25) is 5.89 Å². The predicted octanol–water partition coefficient (Wildman–Crippen LogP) is 4.38. The van der Waals surface area contributed by atoms with Crippen molar-refractivity contribution in [2.24, 2.45) is 4.99 Å². The average molecular weight is 542 g/mol. The highest BCUT2D eigenvalue weighted by atomic mass is 127. The molecule has 2 heterocycles. The number of rotatable bonds is 7. The number of aryl methyl sites for hydroxylation is 1. The minimum Gasteiger partial charge on any atom is -0.439 e. The molecule has 0 aliphatic rings. The van der Waals surface area contributed by atoms with Crippen molar-refractivity contribution in [2.75, 3.05) is 7.05 Å². The van der Waals surface area contributed by atoms with Crippen LogP contribution in [0.2, 0.25) is 0 Å². The van der Waals surface area contributed by atoms with E-state index >= 15 is 0 Å². The SMILES string of the molecule is CN=C(NCc1ncc(-c2ccc(C)cc2)o1)NCc1ccccc1Cn1cccn1.I. The molecule has 0 spiro atoms. The van der Waals surface area contributed by atoms with E-state index in [2.05, 4.69) is 56.9 Å². The number of halogens is 1. The number of aromatic nitrogens is 3. The molecule has 0 fully saturated rings. The first-order chi connectivity index (χ1) is 15.2. The molecule has 0 aliphatic carbocycles. The van der Waals surface area contributed by atoms with Gasteiger partial charge in [0.25, 0.3) is 0 Å². The van der Waals surface area contributed by atoms with Crippen molar-refractivity contribution >= 4 is 29.9 Å². The maximum atomic E-state index is 5.88. The van der Waals surface area contributed by atoms with Gasteiger partial charge in [-0.1, -0.05) is 54.1 Å². The Balaban J connectivity index is 0.00000289. The maximum Gasteiger partial charge on any atom is 0.214 e. The fourth-order valence-electron chi connectivity index (χ4n) is 3.25.